The number of hydrogen-bond donors (Lipinski definition) is 1. The third kappa shape index (κ3) is 3.04. The normalized spacial score (nSPS) is 10.7. The number of rotatable bonds is 4. The SMILES string of the molecule is CCc1nn(C)c(COc2cc(Cl)ccc2N)c1Br. The fourth-order valence-corrected chi connectivity index (χ4v) is 2.65. The van der Waals surface area contributed by atoms with Gasteiger partial charge in [0.1, 0.15) is 12.4 Å². The Balaban J connectivity index is 2.19. The van der Waals surface area contributed by atoms with Gasteiger partial charge in [-0.15, -0.1) is 0 Å². The Morgan fingerprint density at radius 2 is 2.21 bits per heavy atom. The van der Waals surface area contributed by atoms with Crippen LogP contribution in [0.25, 0.3) is 0 Å². The molecule has 0 unspecified atom stereocenters. The maximum atomic E-state index is 5.93. The average Bonchev–Trinajstić information content (AvgIpc) is 2.66. The van der Waals surface area contributed by atoms with Crippen molar-refractivity contribution < 1.29 is 4.74 Å². The molecule has 2 N–H and O–H groups in total. The Labute approximate surface area is 125 Å². The number of benzene rings is 1. The maximum Gasteiger partial charge on any atom is 0.144 e. The number of aryl methyl sites for hydroxylation is 2. The van der Waals surface area contributed by atoms with Crippen molar-refractivity contribution in [1.82, 2.24) is 9.78 Å². The second kappa shape index (κ2) is 5.84. The number of nitrogens with two attached hydrogens (primary N) is 1. The molecule has 0 aliphatic heterocycles. The number of aromatic nitrogens is 2. The van der Waals surface area contributed by atoms with Crippen LogP contribution >= 0.6 is 27.5 Å². The van der Waals surface area contributed by atoms with Crippen LogP contribution < -0.4 is 10.5 Å². The molecule has 1 heterocycles. The van der Waals surface area contributed by atoms with Crippen LogP contribution in [0.15, 0.2) is 22.7 Å². The lowest BCUT2D eigenvalue weighted by Crippen LogP contribution is -2.05. The van der Waals surface area contributed by atoms with Gasteiger partial charge in [-0.1, -0.05) is 18.5 Å². The Morgan fingerprint density at radius 3 is 2.84 bits per heavy atom. The predicted molar refractivity (Wildman–Crippen MR) is 80.5 cm³/mol. The topological polar surface area (TPSA) is 53.1 Å². The molecule has 0 aliphatic carbocycles. The summed E-state index contributed by atoms with van der Waals surface area (Å²) in [6, 6.07) is 5.17. The van der Waals surface area contributed by atoms with E-state index in [9.17, 15) is 0 Å². The van der Waals surface area contributed by atoms with E-state index < -0.39 is 0 Å². The van der Waals surface area contributed by atoms with Crippen LogP contribution in [0, 0.1) is 0 Å². The second-order valence-corrected chi connectivity index (χ2v) is 5.38. The second-order valence-electron chi connectivity index (χ2n) is 4.16. The Bertz CT molecular complexity index is 598. The fourth-order valence-electron chi connectivity index (χ4n) is 1.76. The van der Waals surface area contributed by atoms with E-state index in [0.717, 1.165) is 22.3 Å². The number of ether oxygens (including phenoxy) is 1. The summed E-state index contributed by atoms with van der Waals surface area (Å²) < 4.78 is 8.52. The van der Waals surface area contributed by atoms with Gasteiger partial charge in [-0.3, -0.25) is 4.68 Å². The highest BCUT2D eigenvalue weighted by atomic mass is 79.9. The molecule has 102 valence electrons. The van der Waals surface area contributed by atoms with Gasteiger partial charge in [-0.25, -0.2) is 0 Å². The van der Waals surface area contributed by atoms with Gasteiger partial charge in [0, 0.05) is 18.1 Å². The zero-order valence-corrected chi connectivity index (χ0v) is 13.1. The summed E-state index contributed by atoms with van der Waals surface area (Å²) in [5.41, 5.74) is 8.39. The summed E-state index contributed by atoms with van der Waals surface area (Å²) in [4.78, 5) is 0. The molecular formula is C13H15BrClN3O. The van der Waals surface area contributed by atoms with Crippen molar-refractivity contribution in [3.63, 3.8) is 0 Å². The molecule has 0 saturated heterocycles. The van der Waals surface area contributed by atoms with Crippen LogP contribution in [0.3, 0.4) is 0 Å². The van der Waals surface area contributed by atoms with E-state index in [1.807, 2.05) is 11.7 Å². The van der Waals surface area contributed by atoms with E-state index >= 15 is 0 Å². The summed E-state index contributed by atoms with van der Waals surface area (Å²) in [5, 5.41) is 5.01. The zero-order valence-electron chi connectivity index (χ0n) is 10.8. The molecule has 2 aromatic rings. The molecule has 2 rings (SSSR count). The summed E-state index contributed by atoms with van der Waals surface area (Å²) in [7, 11) is 1.89. The molecular weight excluding hydrogens is 330 g/mol. The van der Waals surface area contributed by atoms with Gasteiger partial charge in [0.2, 0.25) is 0 Å². The van der Waals surface area contributed by atoms with Crippen molar-refractivity contribution in [2.24, 2.45) is 7.05 Å². The molecule has 0 saturated carbocycles. The van der Waals surface area contributed by atoms with E-state index in [2.05, 4.69) is 28.0 Å². The van der Waals surface area contributed by atoms with Gasteiger partial charge in [0.15, 0.2) is 0 Å². The molecule has 0 atom stereocenters. The molecule has 0 radical (unpaired) electrons. The van der Waals surface area contributed by atoms with Gasteiger partial charge in [0.25, 0.3) is 0 Å². The Hall–Kier alpha value is -1.20. The third-order valence-corrected chi connectivity index (χ3v) is 3.99. The molecule has 19 heavy (non-hydrogen) atoms. The van der Waals surface area contributed by atoms with Gasteiger partial charge in [0.05, 0.1) is 21.5 Å². The average molecular weight is 345 g/mol. The van der Waals surface area contributed by atoms with Crippen molar-refractivity contribution in [2.75, 3.05) is 5.73 Å². The molecule has 0 bridgehead atoms. The van der Waals surface area contributed by atoms with Crippen molar-refractivity contribution in [2.45, 2.75) is 20.0 Å². The van der Waals surface area contributed by atoms with Crippen molar-refractivity contribution in [3.8, 4) is 5.75 Å². The number of nitrogen functional groups attached to an aromatic ring is 1. The van der Waals surface area contributed by atoms with Crippen LogP contribution in [-0.4, -0.2) is 9.78 Å². The van der Waals surface area contributed by atoms with Crippen LogP contribution in [-0.2, 0) is 20.1 Å². The largest absolute Gasteiger partial charge is 0.485 e. The van der Waals surface area contributed by atoms with Crippen LogP contribution in [0.2, 0.25) is 5.02 Å². The monoisotopic (exact) mass is 343 g/mol. The highest BCUT2D eigenvalue weighted by Crippen LogP contribution is 2.28. The molecule has 4 nitrogen and oxygen atoms in total. The minimum absolute atomic E-state index is 0.384. The van der Waals surface area contributed by atoms with Gasteiger partial charge < -0.3 is 10.5 Å². The van der Waals surface area contributed by atoms with Crippen molar-refractivity contribution in [3.05, 3.63) is 39.1 Å². The molecule has 6 heteroatoms. The number of nitrogens with zero attached hydrogens (tertiary/aromatic N) is 2. The van der Waals surface area contributed by atoms with E-state index in [1.165, 1.54) is 0 Å². The zero-order chi connectivity index (χ0) is 14.0. The first-order chi connectivity index (χ1) is 9.02. The van der Waals surface area contributed by atoms with E-state index in [-0.39, 0.29) is 0 Å². The van der Waals surface area contributed by atoms with Gasteiger partial charge in [-0.2, -0.15) is 5.10 Å². The Kier molecular flexibility index (Phi) is 4.37. The highest BCUT2D eigenvalue weighted by Gasteiger charge is 2.13. The lowest BCUT2D eigenvalue weighted by Gasteiger charge is -2.09. The number of hydrogen-bond acceptors (Lipinski definition) is 3. The number of halogens is 2. The smallest absolute Gasteiger partial charge is 0.144 e. The van der Waals surface area contributed by atoms with Crippen LogP contribution in [0.5, 0.6) is 5.75 Å². The maximum absolute atomic E-state index is 5.93. The minimum Gasteiger partial charge on any atom is -0.485 e. The summed E-state index contributed by atoms with van der Waals surface area (Å²) in [5.74, 6) is 0.582. The molecule has 0 fully saturated rings. The summed E-state index contributed by atoms with van der Waals surface area (Å²) in [6.07, 6.45) is 0.869. The predicted octanol–water partition coefficient (Wildman–Crippen LogP) is 3.56. The first-order valence-electron chi connectivity index (χ1n) is 5.91. The van der Waals surface area contributed by atoms with E-state index in [4.69, 9.17) is 22.1 Å². The molecule has 1 aromatic heterocycles. The fraction of sp³-hybridized carbons (Fsp3) is 0.308. The van der Waals surface area contributed by atoms with Crippen LogP contribution in [0.1, 0.15) is 18.3 Å². The quantitative estimate of drug-likeness (QED) is 0.863. The number of anilines is 1. The Morgan fingerprint density at radius 1 is 1.47 bits per heavy atom. The van der Waals surface area contributed by atoms with Crippen LogP contribution in [0.4, 0.5) is 5.69 Å². The van der Waals surface area contributed by atoms with Crippen molar-refractivity contribution >= 4 is 33.2 Å². The van der Waals surface area contributed by atoms with E-state index in [1.54, 1.807) is 18.2 Å². The first-order valence-corrected chi connectivity index (χ1v) is 7.08. The third-order valence-electron chi connectivity index (χ3n) is 2.84. The standard InChI is InChI=1S/C13H15BrClN3O/c1-3-10-13(14)11(18(2)17-10)7-19-12-6-8(15)4-5-9(12)16/h4-6H,3,7,16H2,1-2H3. The molecule has 1 aromatic carbocycles. The summed E-state index contributed by atoms with van der Waals surface area (Å²) >= 11 is 9.47. The molecule has 0 aliphatic rings. The summed E-state index contributed by atoms with van der Waals surface area (Å²) in [6.45, 7) is 2.45. The van der Waals surface area contributed by atoms with E-state index in [0.29, 0.717) is 23.1 Å². The first kappa shape index (κ1) is 14.2. The van der Waals surface area contributed by atoms with Gasteiger partial charge in [-0.05, 0) is 34.5 Å². The lowest BCUT2D eigenvalue weighted by atomic mass is 10.3. The minimum atomic E-state index is 0.384. The molecule has 0 amide bonds. The van der Waals surface area contributed by atoms with Crippen molar-refractivity contribution in [1.29, 1.82) is 0 Å². The molecule has 0 spiro atoms. The highest BCUT2D eigenvalue weighted by molar-refractivity contribution is 9.10. The van der Waals surface area contributed by atoms with Gasteiger partial charge >= 0.3 is 0 Å². The lowest BCUT2D eigenvalue weighted by molar-refractivity contribution is 0.296.